The summed E-state index contributed by atoms with van der Waals surface area (Å²) in [5.74, 6) is 0.245. The average Bonchev–Trinajstić information content (AvgIpc) is 3.08. The van der Waals surface area contributed by atoms with Gasteiger partial charge in [-0.2, -0.15) is 9.78 Å². The van der Waals surface area contributed by atoms with E-state index in [2.05, 4.69) is 20.8 Å². The molecule has 0 saturated heterocycles. The first-order chi connectivity index (χ1) is 13.4. The molecule has 1 aromatic carbocycles. The third-order valence-corrected chi connectivity index (χ3v) is 5.41. The Kier molecular flexibility index (Phi) is 6.12. The van der Waals surface area contributed by atoms with Gasteiger partial charge in [0.1, 0.15) is 0 Å². The minimum absolute atomic E-state index is 0.274. The smallest absolute Gasteiger partial charge is 0.330 e. The van der Waals surface area contributed by atoms with Crippen LogP contribution in [0.4, 0.5) is 0 Å². The number of ether oxygens (including phenoxy) is 1. The van der Waals surface area contributed by atoms with Crippen molar-refractivity contribution in [3.8, 4) is 11.3 Å². The number of hydrogen-bond acceptors (Lipinski definition) is 4. The Morgan fingerprint density at radius 1 is 1.21 bits per heavy atom. The van der Waals surface area contributed by atoms with Crippen molar-refractivity contribution < 1.29 is 14.3 Å². The van der Waals surface area contributed by atoms with Crippen LogP contribution >= 0.6 is 0 Å². The van der Waals surface area contributed by atoms with E-state index >= 15 is 0 Å². The van der Waals surface area contributed by atoms with Crippen molar-refractivity contribution in [3.63, 3.8) is 0 Å². The molecule has 0 N–H and O–H groups in total. The quantitative estimate of drug-likeness (QED) is 0.544. The van der Waals surface area contributed by atoms with Gasteiger partial charge < -0.3 is 4.74 Å². The number of allylic oxidation sites excluding steroid dienone is 1. The van der Waals surface area contributed by atoms with Gasteiger partial charge in [-0.05, 0) is 31.6 Å². The number of carbonyl (C=O) groups excluding carboxylic acids is 2. The molecular weight excluding hydrogens is 352 g/mol. The summed E-state index contributed by atoms with van der Waals surface area (Å²) < 4.78 is 6.35. The van der Waals surface area contributed by atoms with Crippen LogP contribution in [0, 0.1) is 5.92 Å². The molecule has 0 radical (unpaired) electrons. The fourth-order valence-corrected chi connectivity index (χ4v) is 4.00. The molecule has 5 heteroatoms. The van der Waals surface area contributed by atoms with Crippen molar-refractivity contribution in [2.75, 3.05) is 6.61 Å². The van der Waals surface area contributed by atoms with Crippen LogP contribution in [0.25, 0.3) is 11.3 Å². The molecule has 0 spiro atoms. The Morgan fingerprint density at radius 3 is 2.57 bits per heavy atom. The second-order valence-electron chi connectivity index (χ2n) is 7.68. The van der Waals surface area contributed by atoms with E-state index in [9.17, 15) is 9.59 Å². The number of carbonyl (C=O) groups is 2. The summed E-state index contributed by atoms with van der Waals surface area (Å²) in [7, 11) is 0. The zero-order chi connectivity index (χ0) is 20.3. The number of nitrogens with zero attached hydrogens (tertiary/aromatic N) is 2. The molecular formula is C23H28N2O3. The first-order valence-electron chi connectivity index (χ1n) is 10.0. The van der Waals surface area contributed by atoms with Gasteiger partial charge in [0.05, 0.1) is 18.0 Å². The highest BCUT2D eigenvalue weighted by Gasteiger charge is 2.34. The van der Waals surface area contributed by atoms with Gasteiger partial charge in [0, 0.05) is 29.2 Å². The lowest BCUT2D eigenvalue weighted by molar-refractivity contribution is -0.137. The monoisotopic (exact) mass is 380 g/mol. The molecule has 3 rings (SSSR count). The number of benzene rings is 1. The molecule has 1 aliphatic rings. The van der Waals surface area contributed by atoms with E-state index in [-0.39, 0.29) is 12.5 Å². The third kappa shape index (κ3) is 3.93. The van der Waals surface area contributed by atoms with Crippen LogP contribution in [0.1, 0.15) is 68.4 Å². The van der Waals surface area contributed by atoms with Crippen molar-refractivity contribution in [1.82, 2.24) is 9.78 Å². The maximum Gasteiger partial charge on any atom is 0.330 e. The largest absolute Gasteiger partial charge is 0.463 e. The van der Waals surface area contributed by atoms with Crippen molar-refractivity contribution in [1.29, 1.82) is 0 Å². The molecule has 0 saturated carbocycles. The molecule has 1 aliphatic carbocycles. The van der Waals surface area contributed by atoms with Gasteiger partial charge in [-0.1, -0.05) is 51.1 Å². The molecule has 148 valence electrons. The predicted octanol–water partition coefficient (Wildman–Crippen LogP) is 4.95. The summed E-state index contributed by atoms with van der Waals surface area (Å²) in [5.41, 5.74) is 3.98. The Bertz CT molecular complexity index is 881. The van der Waals surface area contributed by atoms with Crippen LogP contribution in [0.15, 0.2) is 42.5 Å². The number of aromatic nitrogens is 2. The molecule has 1 aromatic heterocycles. The molecule has 5 nitrogen and oxygen atoms in total. The van der Waals surface area contributed by atoms with E-state index in [1.54, 1.807) is 6.92 Å². The van der Waals surface area contributed by atoms with Gasteiger partial charge in [-0.15, -0.1) is 0 Å². The molecule has 0 unspecified atom stereocenters. The molecule has 2 atom stereocenters. The van der Waals surface area contributed by atoms with Gasteiger partial charge in [0.25, 0.3) is 5.91 Å². The van der Waals surface area contributed by atoms with E-state index in [0.717, 1.165) is 35.4 Å². The molecule has 0 fully saturated rings. The van der Waals surface area contributed by atoms with E-state index in [0.29, 0.717) is 17.8 Å². The fraction of sp³-hybridized carbons (Fsp3) is 0.435. The minimum Gasteiger partial charge on any atom is -0.463 e. The van der Waals surface area contributed by atoms with E-state index in [1.165, 1.54) is 16.8 Å². The van der Waals surface area contributed by atoms with Crippen LogP contribution in [-0.2, 0) is 9.53 Å². The van der Waals surface area contributed by atoms with Crippen molar-refractivity contribution in [2.24, 2.45) is 5.92 Å². The van der Waals surface area contributed by atoms with Crippen molar-refractivity contribution >= 4 is 11.9 Å². The van der Waals surface area contributed by atoms with Crippen molar-refractivity contribution in [2.45, 2.75) is 52.4 Å². The highest BCUT2D eigenvalue weighted by atomic mass is 16.5. The number of hydrogen-bond donors (Lipinski definition) is 0. The van der Waals surface area contributed by atoms with Gasteiger partial charge >= 0.3 is 5.97 Å². The van der Waals surface area contributed by atoms with Crippen LogP contribution in [0.5, 0.6) is 0 Å². The molecule has 0 amide bonds. The lowest BCUT2D eigenvalue weighted by Gasteiger charge is -2.28. The van der Waals surface area contributed by atoms with Crippen LogP contribution < -0.4 is 0 Å². The van der Waals surface area contributed by atoms with Gasteiger partial charge in [-0.3, -0.25) is 4.79 Å². The summed E-state index contributed by atoms with van der Waals surface area (Å²) in [6.07, 6.45) is 4.57. The normalized spacial score (nSPS) is 19.0. The topological polar surface area (TPSA) is 61.2 Å². The molecule has 0 bridgehead atoms. The maximum absolute atomic E-state index is 13.0. The molecule has 28 heavy (non-hydrogen) atoms. The Balaban J connectivity index is 2.13. The Hall–Kier alpha value is -2.69. The summed E-state index contributed by atoms with van der Waals surface area (Å²) in [6, 6.07) is 9.89. The number of fused-ring (bicyclic) bond motifs is 1. The lowest BCUT2D eigenvalue weighted by Crippen LogP contribution is -2.17. The average molecular weight is 380 g/mol. The van der Waals surface area contributed by atoms with E-state index < -0.39 is 5.97 Å². The zero-order valence-electron chi connectivity index (χ0n) is 17.0. The second-order valence-corrected chi connectivity index (χ2v) is 7.68. The van der Waals surface area contributed by atoms with E-state index in [1.807, 2.05) is 30.3 Å². The highest BCUT2D eigenvalue weighted by molar-refractivity contribution is 5.97. The Morgan fingerprint density at radius 2 is 1.93 bits per heavy atom. The lowest BCUT2D eigenvalue weighted by atomic mass is 9.75. The molecule has 2 aromatic rings. The zero-order valence-corrected chi connectivity index (χ0v) is 17.0. The Labute approximate surface area is 166 Å². The van der Waals surface area contributed by atoms with Gasteiger partial charge in [0.15, 0.2) is 0 Å². The summed E-state index contributed by atoms with van der Waals surface area (Å²) in [4.78, 5) is 24.6. The van der Waals surface area contributed by atoms with Crippen molar-refractivity contribution in [3.05, 3.63) is 53.7 Å². The van der Waals surface area contributed by atoms with Gasteiger partial charge in [0.2, 0.25) is 0 Å². The summed E-state index contributed by atoms with van der Waals surface area (Å²) in [6.45, 7) is 8.61. The first kappa shape index (κ1) is 20.1. The second kappa shape index (κ2) is 8.55. The third-order valence-electron chi connectivity index (χ3n) is 5.41. The SMILES string of the molecule is CCOC(=O)/C=C/C(=O)n1nc2c(c1-c1ccccc1)[C@H](C)CC[C@H]2C(C)C. The molecule has 1 heterocycles. The summed E-state index contributed by atoms with van der Waals surface area (Å²) in [5, 5.41) is 4.77. The predicted molar refractivity (Wildman–Crippen MR) is 109 cm³/mol. The number of rotatable bonds is 5. The minimum atomic E-state index is -0.526. The highest BCUT2D eigenvalue weighted by Crippen LogP contribution is 2.45. The van der Waals surface area contributed by atoms with E-state index in [4.69, 9.17) is 9.84 Å². The van der Waals surface area contributed by atoms with Crippen LogP contribution in [0.3, 0.4) is 0 Å². The van der Waals surface area contributed by atoms with Crippen LogP contribution in [0.2, 0.25) is 0 Å². The number of esters is 1. The maximum atomic E-state index is 13.0. The fourth-order valence-electron chi connectivity index (χ4n) is 4.00. The van der Waals surface area contributed by atoms with Crippen LogP contribution in [-0.4, -0.2) is 28.3 Å². The van der Waals surface area contributed by atoms with Gasteiger partial charge in [-0.25, -0.2) is 4.79 Å². The molecule has 0 aliphatic heterocycles. The standard InChI is InChI=1S/C23H28N2O3/c1-5-28-20(27)14-13-19(26)25-23(17-9-7-6-8-10-17)21-16(4)11-12-18(15(2)3)22(21)24-25/h6-10,13-16,18H,5,11-12H2,1-4H3/b14-13+/t16-,18+/m1/s1. The first-order valence-corrected chi connectivity index (χ1v) is 10.0. The summed E-state index contributed by atoms with van der Waals surface area (Å²) >= 11 is 0.